The molecule has 9 nitrogen and oxygen atoms in total. The van der Waals surface area contributed by atoms with E-state index in [1.807, 2.05) is 0 Å². The molecule has 1 fully saturated rings. The van der Waals surface area contributed by atoms with Gasteiger partial charge in [0.1, 0.15) is 23.9 Å². The molecule has 0 saturated carbocycles. The van der Waals surface area contributed by atoms with Gasteiger partial charge in [0.05, 0.1) is 29.3 Å². The Labute approximate surface area is 194 Å². The van der Waals surface area contributed by atoms with Gasteiger partial charge in [-0.1, -0.05) is 24.8 Å². The van der Waals surface area contributed by atoms with E-state index in [0.717, 1.165) is 0 Å². The van der Waals surface area contributed by atoms with Crippen molar-refractivity contribution < 1.29 is 28.8 Å². The number of amides is 1. The fraction of sp³-hybridized carbons (Fsp3) is 0.120. The van der Waals surface area contributed by atoms with Crippen LogP contribution in [-0.4, -0.2) is 33.2 Å². The van der Waals surface area contributed by atoms with Crippen LogP contribution in [0.25, 0.3) is 5.76 Å². The molecule has 0 radical (unpaired) electrons. The highest BCUT2D eigenvalue weighted by Gasteiger charge is 2.46. The summed E-state index contributed by atoms with van der Waals surface area (Å²) in [5.74, 6) is -1.19. The van der Waals surface area contributed by atoms with Gasteiger partial charge in [0.2, 0.25) is 0 Å². The third-order valence-electron chi connectivity index (χ3n) is 5.34. The molecule has 172 valence electrons. The van der Waals surface area contributed by atoms with Gasteiger partial charge in [-0.25, -0.2) is 0 Å². The van der Waals surface area contributed by atoms with Gasteiger partial charge in [-0.05, 0) is 42.0 Å². The number of Topliss-reactive ketones (excluding diaryl/α,β-unsaturated/α-hetero) is 1. The molecule has 1 N–H and O–H groups in total. The van der Waals surface area contributed by atoms with Crippen LogP contribution in [0, 0.1) is 10.1 Å². The van der Waals surface area contributed by atoms with Gasteiger partial charge in [-0.3, -0.25) is 19.7 Å². The number of hydrogen-bond donors (Lipinski definition) is 1. The van der Waals surface area contributed by atoms with Crippen molar-refractivity contribution in [3.63, 3.8) is 0 Å². The van der Waals surface area contributed by atoms with E-state index in [0.29, 0.717) is 23.7 Å². The van der Waals surface area contributed by atoms with Crippen molar-refractivity contribution in [2.75, 3.05) is 6.61 Å². The Balaban J connectivity index is 1.82. The fourth-order valence-corrected chi connectivity index (χ4v) is 3.79. The average molecular weight is 460 g/mol. The molecular weight excluding hydrogens is 440 g/mol. The van der Waals surface area contributed by atoms with Crippen LogP contribution >= 0.6 is 0 Å². The van der Waals surface area contributed by atoms with Crippen LogP contribution in [0.15, 0.2) is 89.6 Å². The molecule has 0 bridgehead atoms. The summed E-state index contributed by atoms with van der Waals surface area (Å²) in [6.45, 7) is 3.82. The number of non-ortho nitro benzene ring substituents is 1. The summed E-state index contributed by atoms with van der Waals surface area (Å²) in [5.41, 5.74) is 0.228. The maximum absolute atomic E-state index is 13.1. The zero-order chi connectivity index (χ0) is 24.2. The van der Waals surface area contributed by atoms with Gasteiger partial charge < -0.3 is 19.2 Å². The number of ketones is 1. The molecule has 1 atom stereocenters. The normalized spacial score (nSPS) is 17.1. The Morgan fingerprint density at radius 3 is 2.59 bits per heavy atom. The first-order chi connectivity index (χ1) is 16.4. The van der Waals surface area contributed by atoms with Crippen molar-refractivity contribution in [1.82, 2.24) is 4.90 Å². The van der Waals surface area contributed by atoms with Gasteiger partial charge in [0, 0.05) is 17.7 Å². The second-order valence-corrected chi connectivity index (χ2v) is 7.48. The number of aliphatic hydroxyl groups is 1. The van der Waals surface area contributed by atoms with Crippen molar-refractivity contribution >= 4 is 23.1 Å². The van der Waals surface area contributed by atoms with E-state index in [1.165, 1.54) is 29.4 Å². The number of likely N-dealkylation sites (tertiary alicyclic amines) is 1. The van der Waals surface area contributed by atoms with Crippen LogP contribution in [0.5, 0.6) is 5.75 Å². The Hall–Kier alpha value is -4.66. The summed E-state index contributed by atoms with van der Waals surface area (Å²) < 4.78 is 10.8. The maximum Gasteiger partial charge on any atom is 0.296 e. The SMILES string of the molecule is C=CCOc1ccc(C(O)=C2C(=O)C(=O)N(Cc3ccco3)C2c2cccc([N+](=O)[O-])c2)cc1. The highest BCUT2D eigenvalue weighted by Crippen LogP contribution is 2.41. The van der Waals surface area contributed by atoms with Gasteiger partial charge in [0.15, 0.2) is 0 Å². The molecule has 1 saturated heterocycles. The lowest BCUT2D eigenvalue weighted by Crippen LogP contribution is -2.29. The zero-order valence-electron chi connectivity index (χ0n) is 17.9. The van der Waals surface area contributed by atoms with E-state index >= 15 is 0 Å². The van der Waals surface area contributed by atoms with E-state index < -0.39 is 28.4 Å². The molecular formula is C25H20N2O7. The summed E-state index contributed by atoms with van der Waals surface area (Å²) in [4.78, 5) is 38.0. The quantitative estimate of drug-likeness (QED) is 0.132. The molecule has 3 aromatic rings. The van der Waals surface area contributed by atoms with Gasteiger partial charge >= 0.3 is 0 Å². The summed E-state index contributed by atoms with van der Waals surface area (Å²) in [6.07, 6.45) is 3.03. The number of benzene rings is 2. The topological polar surface area (TPSA) is 123 Å². The number of nitrogens with zero attached hydrogens (tertiary/aromatic N) is 2. The van der Waals surface area contributed by atoms with E-state index in [1.54, 1.807) is 48.5 Å². The molecule has 4 rings (SSSR count). The zero-order valence-corrected chi connectivity index (χ0v) is 17.9. The molecule has 2 heterocycles. The smallest absolute Gasteiger partial charge is 0.296 e. The van der Waals surface area contributed by atoms with Gasteiger partial charge in [0.25, 0.3) is 17.4 Å². The van der Waals surface area contributed by atoms with E-state index in [9.17, 15) is 24.8 Å². The number of aliphatic hydroxyl groups excluding tert-OH is 1. The number of hydrogen-bond acceptors (Lipinski definition) is 7. The van der Waals surface area contributed by atoms with Crippen molar-refractivity contribution in [1.29, 1.82) is 0 Å². The minimum Gasteiger partial charge on any atom is -0.507 e. The van der Waals surface area contributed by atoms with Gasteiger partial charge in [-0.2, -0.15) is 0 Å². The minimum absolute atomic E-state index is 0.0595. The molecule has 0 aliphatic carbocycles. The molecule has 1 aliphatic rings. The number of nitro benzene ring substituents is 1. The Kier molecular flexibility index (Phi) is 6.26. The van der Waals surface area contributed by atoms with Crippen LogP contribution in [0.4, 0.5) is 5.69 Å². The molecule has 2 aromatic carbocycles. The summed E-state index contributed by atoms with van der Waals surface area (Å²) in [5, 5.41) is 22.4. The first kappa shape index (κ1) is 22.5. The second-order valence-electron chi connectivity index (χ2n) is 7.48. The Morgan fingerprint density at radius 1 is 1.18 bits per heavy atom. The lowest BCUT2D eigenvalue weighted by molar-refractivity contribution is -0.384. The number of carbonyl (C=O) groups is 2. The highest BCUT2D eigenvalue weighted by atomic mass is 16.6. The minimum atomic E-state index is -1.05. The van der Waals surface area contributed by atoms with Crippen LogP contribution in [-0.2, 0) is 16.1 Å². The van der Waals surface area contributed by atoms with Crippen molar-refractivity contribution in [2.45, 2.75) is 12.6 Å². The van der Waals surface area contributed by atoms with E-state index in [-0.39, 0.29) is 23.4 Å². The third kappa shape index (κ3) is 4.31. The summed E-state index contributed by atoms with van der Waals surface area (Å²) in [7, 11) is 0. The summed E-state index contributed by atoms with van der Waals surface area (Å²) in [6, 6.07) is 14.2. The van der Waals surface area contributed by atoms with Crippen LogP contribution in [0.2, 0.25) is 0 Å². The van der Waals surface area contributed by atoms with E-state index in [4.69, 9.17) is 9.15 Å². The number of furan rings is 1. The standard InChI is InChI=1S/C25H20N2O7/c1-2-12-33-19-10-8-16(9-11-19)23(28)21-22(17-5-3-6-18(14-17)27(31)32)26(25(30)24(21)29)15-20-7-4-13-34-20/h2-11,13-14,22,28H,1,12,15H2. The molecule has 1 aliphatic heterocycles. The lowest BCUT2D eigenvalue weighted by atomic mass is 9.95. The number of nitro groups is 1. The number of carbonyl (C=O) groups excluding carboxylic acids is 2. The number of ether oxygens (including phenoxy) is 1. The van der Waals surface area contributed by atoms with Crippen molar-refractivity contribution in [3.8, 4) is 5.75 Å². The van der Waals surface area contributed by atoms with Gasteiger partial charge in [-0.15, -0.1) is 0 Å². The van der Waals surface area contributed by atoms with Crippen LogP contribution < -0.4 is 4.74 Å². The summed E-state index contributed by atoms with van der Waals surface area (Å²) >= 11 is 0. The predicted octanol–water partition coefficient (Wildman–Crippen LogP) is 4.37. The Morgan fingerprint density at radius 2 is 1.94 bits per heavy atom. The van der Waals surface area contributed by atoms with Crippen molar-refractivity contribution in [2.24, 2.45) is 0 Å². The van der Waals surface area contributed by atoms with Crippen molar-refractivity contribution in [3.05, 3.63) is 112 Å². The average Bonchev–Trinajstić information content (AvgIpc) is 3.45. The molecule has 1 amide bonds. The van der Waals surface area contributed by atoms with Crippen LogP contribution in [0.3, 0.4) is 0 Å². The highest BCUT2D eigenvalue weighted by molar-refractivity contribution is 6.46. The predicted molar refractivity (Wildman–Crippen MR) is 122 cm³/mol. The molecule has 1 aromatic heterocycles. The first-order valence-electron chi connectivity index (χ1n) is 10.3. The molecule has 1 unspecified atom stereocenters. The first-order valence-corrected chi connectivity index (χ1v) is 10.3. The fourth-order valence-electron chi connectivity index (χ4n) is 3.79. The lowest BCUT2D eigenvalue weighted by Gasteiger charge is -2.24. The molecule has 9 heteroatoms. The Bertz CT molecular complexity index is 1280. The second kappa shape index (κ2) is 9.45. The van der Waals surface area contributed by atoms with Crippen LogP contribution in [0.1, 0.15) is 22.9 Å². The monoisotopic (exact) mass is 460 g/mol. The van der Waals surface area contributed by atoms with E-state index in [2.05, 4.69) is 6.58 Å². The largest absolute Gasteiger partial charge is 0.507 e. The number of rotatable bonds is 8. The molecule has 34 heavy (non-hydrogen) atoms. The third-order valence-corrected chi connectivity index (χ3v) is 5.34. The molecule has 0 spiro atoms. The maximum atomic E-state index is 13.1.